The predicted octanol–water partition coefficient (Wildman–Crippen LogP) is 0.563. The lowest BCUT2D eigenvalue weighted by atomic mass is 9.80. The molecular weight excluding hydrogens is 308 g/mol. The highest BCUT2D eigenvalue weighted by molar-refractivity contribution is 5.75. The maximum absolute atomic E-state index is 12.1. The van der Waals surface area contributed by atoms with Crippen molar-refractivity contribution in [2.24, 2.45) is 5.92 Å². The van der Waals surface area contributed by atoms with Crippen LogP contribution in [0.5, 0.6) is 0 Å². The van der Waals surface area contributed by atoms with Crippen molar-refractivity contribution >= 4 is 17.9 Å². The van der Waals surface area contributed by atoms with E-state index in [1.54, 1.807) is 13.8 Å². The van der Waals surface area contributed by atoms with Crippen LogP contribution in [0.3, 0.4) is 0 Å². The molecule has 8 heteroatoms. The van der Waals surface area contributed by atoms with Gasteiger partial charge >= 0.3 is 17.9 Å². The molecule has 2 aliphatic rings. The standard InChI is InChI=1S/C15H22O8/c1-7(16)20-10-6-9(14(18)19-5)11(21-8(2)17)13-12(10)22-15(3,4)23-13/h9-13H,6H2,1-5H3/t9-,10+,11+,12-,13-/m1/s1. The highest BCUT2D eigenvalue weighted by Gasteiger charge is 2.58. The lowest BCUT2D eigenvalue weighted by molar-refractivity contribution is -0.188. The number of carbonyl (C=O) groups is 3. The average Bonchev–Trinajstić information content (AvgIpc) is 2.75. The highest BCUT2D eigenvalue weighted by atomic mass is 16.8. The summed E-state index contributed by atoms with van der Waals surface area (Å²) < 4.78 is 27.0. The van der Waals surface area contributed by atoms with E-state index >= 15 is 0 Å². The molecule has 5 atom stereocenters. The molecule has 0 aromatic carbocycles. The molecule has 0 unspecified atom stereocenters. The van der Waals surface area contributed by atoms with Crippen LogP contribution in [-0.2, 0) is 38.1 Å². The molecule has 0 aromatic heterocycles. The van der Waals surface area contributed by atoms with Crippen molar-refractivity contribution in [1.29, 1.82) is 0 Å². The number of ether oxygens (including phenoxy) is 5. The summed E-state index contributed by atoms with van der Waals surface area (Å²) in [7, 11) is 1.25. The van der Waals surface area contributed by atoms with Gasteiger partial charge in [0.1, 0.15) is 30.3 Å². The zero-order valence-electron chi connectivity index (χ0n) is 13.9. The van der Waals surface area contributed by atoms with Gasteiger partial charge < -0.3 is 23.7 Å². The second kappa shape index (κ2) is 6.45. The minimum atomic E-state index is -0.947. The Morgan fingerprint density at radius 1 is 1.00 bits per heavy atom. The van der Waals surface area contributed by atoms with Crippen LogP contribution in [0, 0.1) is 5.92 Å². The van der Waals surface area contributed by atoms with Crippen LogP contribution in [0.2, 0.25) is 0 Å². The third kappa shape index (κ3) is 3.81. The maximum Gasteiger partial charge on any atom is 0.312 e. The van der Waals surface area contributed by atoms with Crippen molar-refractivity contribution in [2.45, 2.75) is 64.3 Å². The number of hydrogen-bond acceptors (Lipinski definition) is 8. The van der Waals surface area contributed by atoms with E-state index in [0.717, 1.165) is 0 Å². The van der Waals surface area contributed by atoms with Gasteiger partial charge in [0.25, 0.3) is 0 Å². The van der Waals surface area contributed by atoms with Gasteiger partial charge in [-0.1, -0.05) is 0 Å². The quantitative estimate of drug-likeness (QED) is 0.547. The van der Waals surface area contributed by atoms with Crippen LogP contribution in [0.15, 0.2) is 0 Å². The van der Waals surface area contributed by atoms with Gasteiger partial charge in [-0.2, -0.15) is 0 Å². The van der Waals surface area contributed by atoms with Gasteiger partial charge in [0.05, 0.1) is 7.11 Å². The minimum absolute atomic E-state index is 0.130. The van der Waals surface area contributed by atoms with Gasteiger partial charge in [0.2, 0.25) is 0 Å². The number of rotatable bonds is 3. The number of methoxy groups -OCH3 is 1. The third-order valence-corrected chi connectivity index (χ3v) is 3.86. The zero-order chi connectivity index (χ0) is 17.4. The van der Waals surface area contributed by atoms with Gasteiger partial charge in [0, 0.05) is 20.3 Å². The van der Waals surface area contributed by atoms with Crippen LogP contribution in [0.1, 0.15) is 34.1 Å². The topological polar surface area (TPSA) is 97.4 Å². The van der Waals surface area contributed by atoms with Gasteiger partial charge in [-0.15, -0.1) is 0 Å². The Kier molecular flexibility index (Phi) is 4.95. The number of carbonyl (C=O) groups excluding carboxylic acids is 3. The van der Waals surface area contributed by atoms with Crippen LogP contribution in [0.25, 0.3) is 0 Å². The molecule has 130 valence electrons. The van der Waals surface area contributed by atoms with E-state index in [9.17, 15) is 14.4 Å². The molecule has 1 saturated carbocycles. The van der Waals surface area contributed by atoms with E-state index in [1.807, 2.05) is 0 Å². The largest absolute Gasteiger partial charge is 0.469 e. The summed E-state index contributed by atoms with van der Waals surface area (Å²) >= 11 is 0. The Hall–Kier alpha value is -1.67. The summed E-state index contributed by atoms with van der Waals surface area (Å²) in [6.07, 6.45) is -2.77. The lowest BCUT2D eigenvalue weighted by Crippen LogP contribution is -2.56. The van der Waals surface area contributed by atoms with Gasteiger partial charge in [-0.25, -0.2) is 0 Å². The fourth-order valence-electron chi connectivity index (χ4n) is 3.16. The van der Waals surface area contributed by atoms with E-state index < -0.39 is 54.0 Å². The molecule has 0 N–H and O–H groups in total. The molecule has 1 saturated heterocycles. The van der Waals surface area contributed by atoms with Crippen LogP contribution >= 0.6 is 0 Å². The normalized spacial score (nSPS) is 35.1. The number of fused-ring (bicyclic) bond motifs is 1. The Balaban J connectivity index is 2.34. The third-order valence-electron chi connectivity index (χ3n) is 3.86. The molecular formula is C15H22O8. The highest BCUT2D eigenvalue weighted by Crippen LogP contribution is 2.42. The van der Waals surface area contributed by atoms with Crippen molar-refractivity contribution in [2.75, 3.05) is 7.11 Å². The van der Waals surface area contributed by atoms with E-state index in [1.165, 1.54) is 21.0 Å². The number of hydrogen-bond donors (Lipinski definition) is 0. The second-order valence-electron chi connectivity index (χ2n) is 6.15. The van der Waals surface area contributed by atoms with E-state index in [-0.39, 0.29) is 6.42 Å². The van der Waals surface area contributed by atoms with Crippen LogP contribution in [0.4, 0.5) is 0 Å². The smallest absolute Gasteiger partial charge is 0.312 e. The molecule has 2 fully saturated rings. The van der Waals surface area contributed by atoms with Crippen LogP contribution in [-0.4, -0.2) is 55.2 Å². The first-order valence-electron chi connectivity index (χ1n) is 7.42. The lowest BCUT2D eigenvalue weighted by Gasteiger charge is -2.39. The monoisotopic (exact) mass is 330 g/mol. The van der Waals surface area contributed by atoms with Gasteiger partial charge in [-0.3, -0.25) is 14.4 Å². The van der Waals surface area contributed by atoms with Crippen molar-refractivity contribution < 1.29 is 38.1 Å². The Morgan fingerprint density at radius 3 is 2.09 bits per heavy atom. The summed E-state index contributed by atoms with van der Waals surface area (Å²) in [4.78, 5) is 34.9. The average molecular weight is 330 g/mol. The molecule has 8 nitrogen and oxygen atoms in total. The fraction of sp³-hybridized carbons (Fsp3) is 0.800. The minimum Gasteiger partial charge on any atom is -0.469 e. The molecule has 1 aliphatic carbocycles. The summed E-state index contributed by atoms with van der Waals surface area (Å²) in [6, 6.07) is 0. The van der Waals surface area contributed by atoms with Crippen molar-refractivity contribution in [3.05, 3.63) is 0 Å². The van der Waals surface area contributed by atoms with Crippen molar-refractivity contribution in [3.8, 4) is 0 Å². The van der Waals surface area contributed by atoms with E-state index in [2.05, 4.69) is 0 Å². The SMILES string of the molecule is COC(=O)[C@@H]1C[C@H](OC(C)=O)[C@H]2OC(C)(C)O[C@@H]2[C@H]1OC(C)=O. The second-order valence-corrected chi connectivity index (χ2v) is 6.15. The first-order valence-corrected chi connectivity index (χ1v) is 7.42. The Morgan fingerprint density at radius 2 is 1.57 bits per heavy atom. The fourth-order valence-corrected chi connectivity index (χ4v) is 3.16. The molecule has 1 heterocycles. The van der Waals surface area contributed by atoms with Gasteiger partial charge in [-0.05, 0) is 13.8 Å². The molecule has 0 amide bonds. The maximum atomic E-state index is 12.1. The van der Waals surface area contributed by atoms with E-state index in [0.29, 0.717) is 0 Å². The predicted molar refractivity (Wildman–Crippen MR) is 75.1 cm³/mol. The van der Waals surface area contributed by atoms with Crippen molar-refractivity contribution in [3.63, 3.8) is 0 Å². The Bertz CT molecular complexity index is 500. The molecule has 1 aliphatic heterocycles. The Labute approximate surface area is 134 Å². The molecule has 0 radical (unpaired) electrons. The summed E-state index contributed by atoms with van der Waals surface area (Å²) in [6.45, 7) is 5.94. The molecule has 0 bridgehead atoms. The zero-order valence-corrected chi connectivity index (χ0v) is 13.9. The summed E-state index contributed by atoms with van der Waals surface area (Å²) in [5, 5.41) is 0. The first kappa shape index (κ1) is 17.7. The summed E-state index contributed by atoms with van der Waals surface area (Å²) in [5.41, 5.74) is 0. The summed E-state index contributed by atoms with van der Waals surface area (Å²) in [5.74, 6) is -3.33. The van der Waals surface area contributed by atoms with E-state index in [4.69, 9.17) is 23.7 Å². The van der Waals surface area contributed by atoms with Crippen LogP contribution < -0.4 is 0 Å². The van der Waals surface area contributed by atoms with Gasteiger partial charge in [0.15, 0.2) is 5.79 Å². The molecule has 23 heavy (non-hydrogen) atoms. The first-order chi connectivity index (χ1) is 10.6. The molecule has 0 spiro atoms. The van der Waals surface area contributed by atoms with Crippen molar-refractivity contribution in [1.82, 2.24) is 0 Å². The molecule has 0 aromatic rings. The molecule has 2 rings (SSSR count). The number of esters is 3.